The van der Waals surface area contributed by atoms with Crippen LogP contribution in [0.5, 0.6) is 5.75 Å². The highest BCUT2D eigenvalue weighted by atomic mass is 127. The molecule has 118 valence electrons. The lowest BCUT2D eigenvalue weighted by Crippen LogP contribution is -2.48. The Bertz CT molecular complexity index is 636. The van der Waals surface area contributed by atoms with E-state index in [2.05, 4.69) is 28.7 Å². The minimum absolute atomic E-state index is 0.0348. The number of halogens is 2. The molecule has 1 aromatic rings. The maximum absolute atomic E-state index is 10.0. The predicted molar refractivity (Wildman–Crippen MR) is 96.9 cm³/mol. The van der Waals surface area contributed by atoms with Crippen molar-refractivity contribution in [3.63, 3.8) is 0 Å². The maximum Gasteiger partial charge on any atom is 0.129 e. The average molecular weight is 431 g/mol. The predicted octanol–water partition coefficient (Wildman–Crippen LogP) is 5.17. The fraction of sp³-hybridized carbons (Fsp3) is 0.556. The molecule has 4 aliphatic rings. The number of alkyl halides is 1. The van der Waals surface area contributed by atoms with Gasteiger partial charge in [-0.2, -0.15) is 0 Å². The van der Waals surface area contributed by atoms with E-state index < -0.39 is 0 Å². The van der Waals surface area contributed by atoms with Gasteiger partial charge in [0, 0.05) is 10.4 Å². The number of phenolic OH excluding ortho intramolecular Hbond substituents is 1. The van der Waals surface area contributed by atoms with E-state index in [1.54, 1.807) is 7.11 Å². The second-order valence-electron chi connectivity index (χ2n) is 7.15. The first-order chi connectivity index (χ1) is 10.5. The number of phenols is 1. The highest BCUT2D eigenvalue weighted by molar-refractivity contribution is 14.1. The van der Waals surface area contributed by atoms with E-state index >= 15 is 0 Å². The zero-order valence-electron chi connectivity index (χ0n) is 12.6. The molecule has 4 bridgehead atoms. The summed E-state index contributed by atoms with van der Waals surface area (Å²) in [5, 5.41) is 10.0. The first-order valence-electron chi connectivity index (χ1n) is 7.95. The zero-order valence-corrected chi connectivity index (χ0v) is 15.5. The molecule has 1 aromatic carbocycles. The average Bonchev–Trinajstić information content (AvgIpc) is 2.44. The van der Waals surface area contributed by atoms with E-state index in [9.17, 15) is 5.11 Å². The Labute approximate surface area is 150 Å². The Hall–Kier alpha value is -0.420. The largest absolute Gasteiger partial charge is 0.507 e. The Morgan fingerprint density at radius 2 is 1.95 bits per heavy atom. The Kier molecular flexibility index (Phi) is 3.65. The molecule has 4 saturated carbocycles. The van der Waals surface area contributed by atoms with Gasteiger partial charge in [0.25, 0.3) is 0 Å². The molecule has 0 radical (unpaired) electrons. The number of benzene rings is 1. The Morgan fingerprint density at radius 1 is 1.27 bits per heavy atom. The Balaban J connectivity index is 1.79. The van der Waals surface area contributed by atoms with E-state index in [0.717, 1.165) is 33.7 Å². The van der Waals surface area contributed by atoms with E-state index in [1.165, 1.54) is 24.8 Å². The van der Waals surface area contributed by atoms with Gasteiger partial charge in [-0.05, 0) is 96.2 Å². The third-order valence-corrected chi connectivity index (χ3v) is 7.04. The number of rotatable bonds is 2. The monoisotopic (exact) mass is 430 g/mol. The van der Waals surface area contributed by atoms with Crippen molar-refractivity contribution >= 4 is 40.0 Å². The smallest absolute Gasteiger partial charge is 0.129 e. The van der Waals surface area contributed by atoms with Crippen LogP contribution in [0.3, 0.4) is 0 Å². The van der Waals surface area contributed by atoms with Crippen LogP contribution >= 0.6 is 34.2 Å². The first-order valence-corrected chi connectivity index (χ1v) is 9.40. The fourth-order valence-electron chi connectivity index (χ4n) is 5.12. The van der Waals surface area contributed by atoms with Crippen molar-refractivity contribution in [3.05, 3.63) is 32.9 Å². The molecular formula is C18H20ClIO2. The second-order valence-corrected chi connectivity index (χ2v) is 9.11. The van der Waals surface area contributed by atoms with Crippen molar-refractivity contribution < 1.29 is 9.84 Å². The summed E-state index contributed by atoms with van der Waals surface area (Å²) in [6, 6.07) is 5.83. The van der Waals surface area contributed by atoms with E-state index in [0.29, 0.717) is 17.6 Å². The van der Waals surface area contributed by atoms with Crippen molar-refractivity contribution in [2.75, 3.05) is 7.11 Å². The lowest BCUT2D eigenvalue weighted by atomic mass is 9.53. The minimum Gasteiger partial charge on any atom is -0.507 e. The molecule has 0 amide bonds. The molecule has 0 aliphatic heterocycles. The third-order valence-electron chi connectivity index (χ3n) is 5.67. The summed E-state index contributed by atoms with van der Waals surface area (Å²) >= 11 is 8.98. The van der Waals surface area contributed by atoms with Gasteiger partial charge in [0.05, 0.1) is 10.7 Å². The topological polar surface area (TPSA) is 29.5 Å². The van der Waals surface area contributed by atoms with Gasteiger partial charge < -0.3 is 9.84 Å². The normalized spacial score (nSPS) is 35.8. The molecule has 0 saturated heterocycles. The molecule has 0 heterocycles. The lowest BCUT2D eigenvalue weighted by molar-refractivity contribution is 0.0843. The highest BCUT2D eigenvalue weighted by Gasteiger charge is 2.53. The molecule has 5 rings (SSSR count). The van der Waals surface area contributed by atoms with Crippen LogP contribution in [0.4, 0.5) is 0 Å². The molecule has 4 aliphatic carbocycles. The van der Waals surface area contributed by atoms with Crippen molar-refractivity contribution in [2.45, 2.75) is 37.0 Å². The van der Waals surface area contributed by atoms with Crippen LogP contribution in [0.15, 0.2) is 23.8 Å². The van der Waals surface area contributed by atoms with Gasteiger partial charge in [0.1, 0.15) is 11.5 Å². The van der Waals surface area contributed by atoms with Gasteiger partial charge >= 0.3 is 0 Å². The third kappa shape index (κ3) is 2.35. The number of hydrogen-bond donors (Lipinski definition) is 1. The summed E-state index contributed by atoms with van der Waals surface area (Å²) in [7, 11) is 1.75. The quantitative estimate of drug-likeness (QED) is 0.398. The summed E-state index contributed by atoms with van der Waals surface area (Å²) in [5.41, 5.74) is 2.45. The molecule has 2 unspecified atom stereocenters. The molecule has 0 aromatic heterocycles. The maximum atomic E-state index is 10.0. The van der Waals surface area contributed by atoms with Crippen molar-refractivity contribution in [2.24, 2.45) is 17.8 Å². The molecule has 4 fully saturated rings. The summed E-state index contributed by atoms with van der Waals surface area (Å²) < 4.78 is 6.68. The van der Waals surface area contributed by atoms with Gasteiger partial charge in [-0.25, -0.2) is 0 Å². The van der Waals surface area contributed by atoms with Crippen LogP contribution in [0.25, 0.3) is 5.76 Å². The summed E-state index contributed by atoms with van der Waals surface area (Å²) in [5.74, 6) is 3.20. The van der Waals surface area contributed by atoms with Crippen LogP contribution in [0.2, 0.25) is 0 Å². The molecular weight excluding hydrogens is 411 g/mol. The molecule has 0 spiro atoms. The number of aromatic hydroxyl groups is 1. The van der Waals surface area contributed by atoms with Gasteiger partial charge in [-0.1, -0.05) is 0 Å². The van der Waals surface area contributed by atoms with Gasteiger partial charge in [-0.3, -0.25) is 0 Å². The standard InChI is InChI=1S/C18H20ClIO2/c1-22-17(11-2-3-14(20)15(21)6-11)16-12-4-10-5-13(16)9-18(19,7-10)8-12/h2-3,6,10,12-13,21H,4-5,7-9H2,1H3. The number of methoxy groups -OCH3 is 1. The van der Waals surface area contributed by atoms with Gasteiger partial charge in [-0.15, -0.1) is 11.6 Å². The summed E-state index contributed by atoms with van der Waals surface area (Å²) in [6.07, 6.45) is 5.87. The zero-order chi connectivity index (χ0) is 15.5. The van der Waals surface area contributed by atoms with Crippen LogP contribution < -0.4 is 0 Å². The number of hydrogen-bond acceptors (Lipinski definition) is 2. The van der Waals surface area contributed by atoms with Crippen molar-refractivity contribution in [3.8, 4) is 5.75 Å². The molecule has 2 nitrogen and oxygen atoms in total. The van der Waals surface area contributed by atoms with Crippen LogP contribution in [-0.4, -0.2) is 17.1 Å². The summed E-state index contributed by atoms with van der Waals surface area (Å²) in [6.45, 7) is 0. The number of allylic oxidation sites excluding steroid dienone is 1. The van der Waals surface area contributed by atoms with Crippen LogP contribution in [-0.2, 0) is 4.74 Å². The van der Waals surface area contributed by atoms with Crippen molar-refractivity contribution in [1.82, 2.24) is 0 Å². The molecule has 1 N–H and O–H groups in total. The Morgan fingerprint density at radius 3 is 2.50 bits per heavy atom. The van der Waals surface area contributed by atoms with E-state index in [-0.39, 0.29) is 4.87 Å². The molecule has 22 heavy (non-hydrogen) atoms. The first kappa shape index (κ1) is 15.1. The number of ether oxygens (including phenoxy) is 1. The van der Waals surface area contributed by atoms with E-state index in [1.807, 2.05) is 12.1 Å². The van der Waals surface area contributed by atoms with Crippen molar-refractivity contribution in [1.29, 1.82) is 0 Å². The molecule has 4 heteroatoms. The highest BCUT2D eigenvalue weighted by Crippen LogP contribution is 2.61. The minimum atomic E-state index is 0.0348. The van der Waals surface area contributed by atoms with Gasteiger partial charge in [0.2, 0.25) is 0 Å². The second kappa shape index (κ2) is 5.30. The molecule has 2 atom stereocenters. The van der Waals surface area contributed by atoms with Crippen LogP contribution in [0, 0.1) is 21.3 Å². The van der Waals surface area contributed by atoms with Crippen LogP contribution in [0.1, 0.15) is 37.7 Å². The summed E-state index contributed by atoms with van der Waals surface area (Å²) in [4.78, 5) is 0.0348. The van der Waals surface area contributed by atoms with Gasteiger partial charge in [0.15, 0.2) is 0 Å². The fourth-order valence-corrected chi connectivity index (χ4v) is 6.05. The SMILES string of the molecule is COC(=C1C2CC3CC1CC(Cl)(C3)C2)c1ccc(I)c(O)c1. The lowest BCUT2D eigenvalue weighted by Gasteiger charge is -2.55. The van der Waals surface area contributed by atoms with E-state index in [4.69, 9.17) is 16.3 Å².